The number of nitrogens with zero attached hydrogens (tertiary/aromatic N) is 3. The molecular weight excluding hydrogens is 242 g/mol. The van der Waals surface area contributed by atoms with Crippen molar-refractivity contribution < 1.29 is 9.90 Å². The SMILES string of the molecule is O=C1N([C@@H]2CCC[C@@H](O)C2)c2ncncc2C12CC2. The second kappa shape index (κ2) is 3.76. The number of fused-ring (bicyclic) bond motifs is 2. The summed E-state index contributed by atoms with van der Waals surface area (Å²) in [7, 11) is 0. The number of hydrogen-bond donors (Lipinski definition) is 1. The minimum atomic E-state index is -0.320. The molecule has 3 aliphatic rings. The van der Waals surface area contributed by atoms with E-state index in [0.717, 1.165) is 43.5 Å². The van der Waals surface area contributed by atoms with Gasteiger partial charge in [0, 0.05) is 17.8 Å². The van der Waals surface area contributed by atoms with E-state index in [1.54, 1.807) is 6.20 Å². The number of anilines is 1. The van der Waals surface area contributed by atoms with Gasteiger partial charge in [0.25, 0.3) is 0 Å². The molecule has 2 heterocycles. The maximum atomic E-state index is 12.7. The van der Waals surface area contributed by atoms with Crippen molar-refractivity contribution in [2.75, 3.05) is 4.90 Å². The molecule has 0 radical (unpaired) electrons. The number of aliphatic hydroxyl groups excluding tert-OH is 1. The molecule has 0 aromatic carbocycles. The summed E-state index contributed by atoms with van der Waals surface area (Å²) < 4.78 is 0. The highest BCUT2D eigenvalue weighted by Gasteiger charge is 2.61. The Morgan fingerprint density at radius 1 is 1.37 bits per heavy atom. The van der Waals surface area contributed by atoms with Crippen LogP contribution in [-0.2, 0) is 10.2 Å². The van der Waals surface area contributed by atoms with Gasteiger partial charge in [-0.25, -0.2) is 9.97 Å². The van der Waals surface area contributed by atoms with Crippen LogP contribution in [0.2, 0.25) is 0 Å². The normalized spacial score (nSPS) is 31.6. The Bertz CT molecular complexity index is 541. The lowest BCUT2D eigenvalue weighted by Crippen LogP contribution is -2.44. The fourth-order valence-corrected chi connectivity index (χ4v) is 3.62. The largest absolute Gasteiger partial charge is 0.393 e. The quantitative estimate of drug-likeness (QED) is 0.822. The first-order chi connectivity index (χ1) is 9.22. The van der Waals surface area contributed by atoms with Crippen molar-refractivity contribution in [2.24, 2.45) is 0 Å². The molecule has 1 aromatic rings. The molecule has 1 amide bonds. The fraction of sp³-hybridized carbons (Fsp3) is 0.643. The number of amides is 1. The maximum absolute atomic E-state index is 12.7. The molecular formula is C14H17N3O2. The minimum absolute atomic E-state index is 0.102. The molecule has 1 aromatic heterocycles. The molecule has 0 unspecified atom stereocenters. The van der Waals surface area contributed by atoms with E-state index >= 15 is 0 Å². The van der Waals surface area contributed by atoms with Crippen molar-refractivity contribution in [3.63, 3.8) is 0 Å². The molecule has 1 aliphatic heterocycles. The molecule has 1 spiro atoms. The van der Waals surface area contributed by atoms with Crippen molar-refractivity contribution in [3.05, 3.63) is 18.1 Å². The molecule has 0 bridgehead atoms. The number of carbonyl (C=O) groups excluding carboxylic acids is 1. The van der Waals surface area contributed by atoms with Gasteiger partial charge in [0.2, 0.25) is 5.91 Å². The Morgan fingerprint density at radius 3 is 2.95 bits per heavy atom. The van der Waals surface area contributed by atoms with E-state index in [0.29, 0.717) is 6.42 Å². The highest BCUT2D eigenvalue weighted by Crippen LogP contribution is 2.57. The predicted molar refractivity (Wildman–Crippen MR) is 68.7 cm³/mol. The average Bonchev–Trinajstić information content (AvgIpc) is 3.16. The smallest absolute Gasteiger partial charge is 0.239 e. The zero-order valence-electron chi connectivity index (χ0n) is 10.7. The standard InChI is InChI=1S/C14H17N3O2/c18-10-3-1-2-9(6-10)17-12-11(7-15-8-16-12)14(4-5-14)13(17)19/h7-10,18H,1-6H2/t9-,10-/m1/s1. The van der Waals surface area contributed by atoms with Crippen LogP contribution in [0, 0.1) is 0 Å². The van der Waals surface area contributed by atoms with E-state index < -0.39 is 0 Å². The summed E-state index contributed by atoms with van der Waals surface area (Å²) in [5.74, 6) is 0.971. The molecule has 2 fully saturated rings. The molecule has 5 heteroatoms. The van der Waals surface area contributed by atoms with Gasteiger partial charge in [0.05, 0.1) is 11.5 Å². The molecule has 2 saturated carbocycles. The van der Waals surface area contributed by atoms with Gasteiger partial charge in [-0.3, -0.25) is 9.69 Å². The zero-order valence-corrected chi connectivity index (χ0v) is 10.7. The monoisotopic (exact) mass is 259 g/mol. The molecule has 1 N–H and O–H groups in total. The Hall–Kier alpha value is -1.49. The zero-order chi connectivity index (χ0) is 13.0. The lowest BCUT2D eigenvalue weighted by atomic mass is 9.92. The van der Waals surface area contributed by atoms with E-state index in [1.165, 1.54) is 6.33 Å². The van der Waals surface area contributed by atoms with Crippen LogP contribution in [0.1, 0.15) is 44.1 Å². The van der Waals surface area contributed by atoms with Gasteiger partial charge in [0.1, 0.15) is 12.1 Å². The van der Waals surface area contributed by atoms with Gasteiger partial charge in [-0.05, 0) is 38.5 Å². The first-order valence-electron chi connectivity index (χ1n) is 7.04. The second-order valence-electron chi connectivity index (χ2n) is 5.99. The maximum Gasteiger partial charge on any atom is 0.239 e. The molecule has 19 heavy (non-hydrogen) atoms. The second-order valence-corrected chi connectivity index (χ2v) is 5.99. The Morgan fingerprint density at radius 2 is 2.21 bits per heavy atom. The molecule has 2 atom stereocenters. The van der Waals surface area contributed by atoms with E-state index in [-0.39, 0.29) is 23.5 Å². The summed E-state index contributed by atoms with van der Waals surface area (Å²) in [5.41, 5.74) is 0.680. The van der Waals surface area contributed by atoms with Crippen molar-refractivity contribution in [2.45, 2.75) is 56.1 Å². The highest BCUT2D eigenvalue weighted by atomic mass is 16.3. The van der Waals surface area contributed by atoms with Gasteiger partial charge in [-0.1, -0.05) is 0 Å². The third kappa shape index (κ3) is 1.48. The van der Waals surface area contributed by atoms with E-state index in [1.807, 2.05) is 4.90 Å². The number of aliphatic hydroxyl groups is 1. The summed E-state index contributed by atoms with van der Waals surface area (Å²) in [5, 5.41) is 9.85. The van der Waals surface area contributed by atoms with Crippen LogP contribution in [0.5, 0.6) is 0 Å². The van der Waals surface area contributed by atoms with Crippen LogP contribution in [0.15, 0.2) is 12.5 Å². The van der Waals surface area contributed by atoms with Crippen LogP contribution >= 0.6 is 0 Å². The van der Waals surface area contributed by atoms with Gasteiger partial charge >= 0.3 is 0 Å². The van der Waals surface area contributed by atoms with Crippen LogP contribution in [-0.4, -0.2) is 33.1 Å². The minimum Gasteiger partial charge on any atom is -0.393 e. The van der Waals surface area contributed by atoms with Crippen LogP contribution in [0.4, 0.5) is 5.82 Å². The van der Waals surface area contributed by atoms with Crippen molar-refractivity contribution in [1.29, 1.82) is 0 Å². The third-order valence-electron chi connectivity index (χ3n) is 4.80. The number of carbonyl (C=O) groups is 1. The molecule has 100 valence electrons. The lowest BCUT2D eigenvalue weighted by molar-refractivity contribution is -0.121. The van der Waals surface area contributed by atoms with Crippen LogP contribution in [0.25, 0.3) is 0 Å². The average molecular weight is 259 g/mol. The summed E-state index contributed by atoms with van der Waals surface area (Å²) in [6.07, 6.45) is 8.31. The molecule has 4 rings (SSSR count). The van der Waals surface area contributed by atoms with Gasteiger partial charge in [-0.15, -0.1) is 0 Å². The van der Waals surface area contributed by atoms with E-state index in [9.17, 15) is 9.90 Å². The highest BCUT2D eigenvalue weighted by molar-refractivity contribution is 6.09. The number of rotatable bonds is 1. The Labute approximate surface area is 111 Å². The number of hydrogen-bond acceptors (Lipinski definition) is 4. The van der Waals surface area contributed by atoms with Crippen LogP contribution in [0.3, 0.4) is 0 Å². The van der Waals surface area contributed by atoms with Gasteiger partial charge in [-0.2, -0.15) is 0 Å². The molecule has 0 saturated heterocycles. The summed E-state index contributed by atoms with van der Waals surface area (Å²) in [6, 6.07) is 0.102. The fourth-order valence-electron chi connectivity index (χ4n) is 3.62. The van der Waals surface area contributed by atoms with Crippen LogP contribution < -0.4 is 4.90 Å². The van der Waals surface area contributed by atoms with Crippen molar-refractivity contribution >= 4 is 11.7 Å². The predicted octanol–water partition coefficient (Wildman–Crippen LogP) is 1.16. The lowest BCUT2D eigenvalue weighted by Gasteiger charge is -2.33. The third-order valence-corrected chi connectivity index (χ3v) is 4.80. The van der Waals surface area contributed by atoms with Gasteiger partial charge in [0.15, 0.2) is 0 Å². The Kier molecular flexibility index (Phi) is 2.24. The topological polar surface area (TPSA) is 66.3 Å². The first kappa shape index (κ1) is 11.3. The Balaban J connectivity index is 1.75. The van der Waals surface area contributed by atoms with Gasteiger partial charge < -0.3 is 5.11 Å². The van der Waals surface area contributed by atoms with Crippen molar-refractivity contribution in [3.8, 4) is 0 Å². The molecule has 5 nitrogen and oxygen atoms in total. The van der Waals surface area contributed by atoms with Crippen molar-refractivity contribution in [1.82, 2.24) is 9.97 Å². The summed E-state index contributed by atoms with van der Waals surface area (Å²) >= 11 is 0. The van der Waals surface area contributed by atoms with E-state index in [4.69, 9.17) is 0 Å². The molecule has 2 aliphatic carbocycles. The first-order valence-corrected chi connectivity index (χ1v) is 7.04. The summed E-state index contributed by atoms with van der Waals surface area (Å²) in [4.78, 5) is 23.0. The summed E-state index contributed by atoms with van der Waals surface area (Å²) in [6.45, 7) is 0. The number of aromatic nitrogens is 2. The van der Waals surface area contributed by atoms with E-state index in [2.05, 4.69) is 9.97 Å².